The lowest BCUT2D eigenvalue weighted by molar-refractivity contribution is 0.687. The fourth-order valence-corrected chi connectivity index (χ4v) is 3.25. The molecule has 1 heterocycles. The van der Waals surface area contributed by atoms with Crippen molar-refractivity contribution in [1.29, 1.82) is 0 Å². The van der Waals surface area contributed by atoms with Crippen LogP contribution in [0, 0.1) is 0 Å². The molecule has 2 N–H and O–H groups in total. The molecule has 3 rings (SSSR count). The van der Waals surface area contributed by atoms with Crippen LogP contribution in [0.1, 0.15) is 12.6 Å². The number of fused-ring (bicyclic) bond motifs is 1. The minimum atomic E-state index is 0.799. The highest BCUT2D eigenvalue weighted by Crippen LogP contribution is 2.34. The molecule has 0 saturated carbocycles. The second-order valence-corrected chi connectivity index (χ2v) is 5.82. The van der Waals surface area contributed by atoms with Crippen molar-refractivity contribution < 1.29 is 0 Å². The summed E-state index contributed by atoms with van der Waals surface area (Å²) < 4.78 is 1.87. The number of nitrogens with two attached hydrogens (primary N) is 1. The molecule has 0 fully saturated rings. The van der Waals surface area contributed by atoms with Crippen LogP contribution < -0.4 is 5.73 Å². The molecule has 20 heavy (non-hydrogen) atoms. The fraction of sp³-hybridized carbons (Fsp3) is 0.188. The van der Waals surface area contributed by atoms with Crippen molar-refractivity contribution in [3.8, 4) is 0 Å². The van der Waals surface area contributed by atoms with Gasteiger partial charge in [-0.15, -0.1) is 0 Å². The van der Waals surface area contributed by atoms with E-state index in [0.29, 0.717) is 0 Å². The van der Waals surface area contributed by atoms with Gasteiger partial charge in [0.05, 0.1) is 11.4 Å². The summed E-state index contributed by atoms with van der Waals surface area (Å²) in [6.45, 7) is 2.07. The monoisotopic (exact) mass is 283 g/mol. The van der Waals surface area contributed by atoms with E-state index in [-0.39, 0.29) is 0 Å². The van der Waals surface area contributed by atoms with E-state index in [1.807, 2.05) is 11.7 Å². The van der Waals surface area contributed by atoms with Gasteiger partial charge in [-0.2, -0.15) is 5.10 Å². The van der Waals surface area contributed by atoms with Gasteiger partial charge < -0.3 is 5.73 Å². The first kappa shape index (κ1) is 13.1. The van der Waals surface area contributed by atoms with Crippen LogP contribution in [0.15, 0.2) is 52.4 Å². The molecule has 0 aliphatic rings. The first-order valence-corrected chi connectivity index (χ1v) is 7.48. The third kappa shape index (κ3) is 2.27. The van der Waals surface area contributed by atoms with Gasteiger partial charge in [0.2, 0.25) is 0 Å². The van der Waals surface area contributed by atoms with Crippen LogP contribution in [0.5, 0.6) is 0 Å². The molecule has 102 valence electrons. The zero-order chi connectivity index (χ0) is 14.1. The average Bonchev–Trinajstić information content (AvgIpc) is 2.74. The molecule has 0 amide bonds. The Balaban J connectivity index is 1.99. The molecule has 0 saturated heterocycles. The highest BCUT2D eigenvalue weighted by atomic mass is 32.2. The van der Waals surface area contributed by atoms with Gasteiger partial charge in [0.25, 0.3) is 0 Å². The molecule has 0 aliphatic carbocycles. The Morgan fingerprint density at radius 1 is 1.15 bits per heavy atom. The van der Waals surface area contributed by atoms with E-state index in [1.54, 1.807) is 11.8 Å². The van der Waals surface area contributed by atoms with E-state index < -0.39 is 0 Å². The minimum absolute atomic E-state index is 0.799. The molecule has 0 aliphatic heterocycles. The number of hydrogen-bond acceptors (Lipinski definition) is 3. The normalized spacial score (nSPS) is 11.1. The highest BCUT2D eigenvalue weighted by molar-refractivity contribution is 7.99. The number of benzene rings is 2. The number of nitrogen functional groups attached to an aromatic ring is 1. The topological polar surface area (TPSA) is 43.8 Å². The van der Waals surface area contributed by atoms with Crippen molar-refractivity contribution in [2.75, 3.05) is 5.73 Å². The fourth-order valence-electron chi connectivity index (χ4n) is 2.30. The Morgan fingerprint density at radius 2 is 1.90 bits per heavy atom. The first-order chi connectivity index (χ1) is 9.69. The van der Waals surface area contributed by atoms with Gasteiger partial charge in [0.1, 0.15) is 5.03 Å². The predicted molar refractivity (Wildman–Crippen MR) is 85.1 cm³/mol. The van der Waals surface area contributed by atoms with Gasteiger partial charge in [-0.3, -0.25) is 4.68 Å². The number of hydrogen-bond donors (Lipinski definition) is 1. The number of nitrogens with zero attached hydrogens (tertiary/aromatic N) is 2. The van der Waals surface area contributed by atoms with E-state index in [0.717, 1.165) is 22.8 Å². The maximum atomic E-state index is 6.17. The second-order valence-electron chi connectivity index (χ2n) is 4.75. The summed E-state index contributed by atoms with van der Waals surface area (Å²) in [5.74, 6) is 0. The van der Waals surface area contributed by atoms with Crippen LogP contribution in [0.25, 0.3) is 10.8 Å². The van der Waals surface area contributed by atoms with E-state index in [1.165, 1.54) is 15.7 Å². The van der Waals surface area contributed by atoms with Gasteiger partial charge in [0, 0.05) is 11.9 Å². The SMILES string of the molecule is CCc1nn(C)c(Sc2ccc3ccccc3c2)c1N. The summed E-state index contributed by atoms with van der Waals surface area (Å²) in [5, 5.41) is 7.97. The smallest absolute Gasteiger partial charge is 0.122 e. The lowest BCUT2D eigenvalue weighted by Gasteiger charge is -2.05. The summed E-state index contributed by atoms with van der Waals surface area (Å²) in [6, 6.07) is 14.8. The third-order valence-electron chi connectivity index (χ3n) is 3.38. The number of rotatable bonds is 3. The summed E-state index contributed by atoms with van der Waals surface area (Å²) in [6.07, 6.45) is 0.859. The largest absolute Gasteiger partial charge is 0.395 e. The van der Waals surface area contributed by atoms with Gasteiger partial charge in [-0.25, -0.2) is 0 Å². The molecule has 0 unspecified atom stereocenters. The Labute approximate surface area is 122 Å². The second kappa shape index (κ2) is 5.21. The molecular weight excluding hydrogens is 266 g/mol. The number of anilines is 1. The molecule has 0 radical (unpaired) electrons. The summed E-state index contributed by atoms with van der Waals surface area (Å²) >= 11 is 1.67. The van der Waals surface area contributed by atoms with Crippen LogP contribution in [0.2, 0.25) is 0 Å². The standard InChI is InChI=1S/C16H17N3S/c1-3-14-15(17)16(19(2)18-14)20-13-9-8-11-6-4-5-7-12(11)10-13/h4-10H,3,17H2,1-2H3. The maximum absolute atomic E-state index is 6.17. The van der Waals surface area contributed by atoms with Crippen LogP contribution in [0.4, 0.5) is 5.69 Å². The van der Waals surface area contributed by atoms with Crippen LogP contribution in [-0.2, 0) is 13.5 Å². The van der Waals surface area contributed by atoms with Crippen LogP contribution in [-0.4, -0.2) is 9.78 Å². The lowest BCUT2D eigenvalue weighted by Crippen LogP contribution is -1.93. The number of aromatic nitrogens is 2. The highest BCUT2D eigenvalue weighted by Gasteiger charge is 2.13. The van der Waals surface area contributed by atoms with Crippen molar-refractivity contribution in [3.63, 3.8) is 0 Å². The molecule has 2 aromatic carbocycles. The van der Waals surface area contributed by atoms with Crippen molar-refractivity contribution in [3.05, 3.63) is 48.2 Å². The molecule has 0 bridgehead atoms. The Kier molecular flexibility index (Phi) is 3.40. The summed E-state index contributed by atoms with van der Waals surface area (Å²) in [5.41, 5.74) is 7.94. The third-order valence-corrected chi connectivity index (χ3v) is 4.54. The van der Waals surface area contributed by atoms with Gasteiger partial charge in [-0.1, -0.05) is 49.0 Å². The molecule has 3 aromatic rings. The predicted octanol–water partition coefficient (Wildman–Crippen LogP) is 3.87. The minimum Gasteiger partial charge on any atom is -0.395 e. The molecule has 4 heteroatoms. The van der Waals surface area contributed by atoms with Crippen molar-refractivity contribution >= 4 is 28.2 Å². The molecule has 3 nitrogen and oxygen atoms in total. The average molecular weight is 283 g/mol. The zero-order valence-corrected chi connectivity index (χ0v) is 12.4. The van der Waals surface area contributed by atoms with E-state index in [4.69, 9.17) is 5.73 Å². The molecular formula is C16H17N3S. The first-order valence-electron chi connectivity index (χ1n) is 6.67. The van der Waals surface area contributed by atoms with E-state index >= 15 is 0 Å². The van der Waals surface area contributed by atoms with E-state index in [9.17, 15) is 0 Å². The van der Waals surface area contributed by atoms with E-state index in [2.05, 4.69) is 54.5 Å². The quantitative estimate of drug-likeness (QED) is 0.793. The molecule has 0 atom stereocenters. The van der Waals surface area contributed by atoms with Crippen molar-refractivity contribution in [1.82, 2.24) is 9.78 Å². The lowest BCUT2D eigenvalue weighted by atomic mass is 10.1. The van der Waals surface area contributed by atoms with Crippen LogP contribution in [0.3, 0.4) is 0 Å². The number of aryl methyl sites for hydroxylation is 2. The van der Waals surface area contributed by atoms with Crippen molar-refractivity contribution in [2.24, 2.45) is 7.05 Å². The zero-order valence-electron chi connectivity index (χ0n) is 11.6. The molecule has 0 spiro atoms. The Bertz CT molecular complexity index is 762. The van der Waals surface area contributed by atoms with Gasteiger partial charge in [-0.05, 0) is 29.3 Å². The Hall–Kier alpha value is -1.94. The van der Waals surface area contributed by atoms with Crippen molar-refractivity contribution in [2.45, 2.75) is 23.3 Å². The van der Waals surface area contributed by atoms with Gasteiger partial charge >= 0.3 is 0 Å². The summed E-state index contributed by atoms with van der Waals surface area (Å²) in [4.78, 5) is 1.18. The van der Waals surface area contributed by atoms with Gasteiger partial charge in [0.15, 0.2) is 0 Å². The summed E-state index contributed by atoms with van der Waals surface area (Å²) in [7, 11) is 1.94. The van der Waals surface area contributed by atoms with Crippen LogP contribution >= 0.6 is 11.8 Å². The maximum Gasteiger partial charge on any atom is 0.122 e. The Morgan fingerprint density at radius 3 is 2.60 bits per heavy atom. The molecule has 1 aromatic heterocycles.